The summed E-state index contributed by atoms with van der Waals surface area (Å²) in [7, 11) is 2.15. The van der Waals surface area contributed by atoms with Crippen LogP contribution in [0.25, 0.3) is 27.3 Å². The molecule has 41 heavy (non-hydrogen) atoms. The number of anilines is 1. The van der Waals surface area contributed by atoms with E-state index in [4.69, 9.17) is 4.74 Å². The summed E-state index contributed by atoms with van der Waals surface area (Å²) in [6.07, 6.45) is -3.98. The lowest BCUT2D eigenvalue weighted by Crippen LogP contribution is -2.58. The molecule has 3 heterocycles. The van der Waals surface area contributed by atoms with Crippen molar-refractivity contribution in [3.05, 3.63) is 59.0 Å². The predicted molar refractivity (Wildman–Crippen MR) is 157 cm³/mol. The fourth-order valence-corrected chi connectivity index (χ4v) is 6.15. The van der Waals surface area contributed by atoms with Gasteiger partial charge in [-0.2, -0.15) is 5.26 Å². The van der Waals surface area contributed by atoms with E-state index in [0.29, 0.717) is 0 Å². The zero-order chi connectivity index (χ0) is 29.1. The average molecular weight is 579 g/mol. The number of nitriles is 1. The van der Waals surface area contributed by atoms with Crippen molar-refractivity contribution in [3.8, 4) is 16.5 Å². The van der Waals surface area contributed by atoms with Crippen molar-refractivity contribution in [2.75, 3.05) is 51.3 Å². The summed E-state index contributed by atoms with van der Waals surface area (Å²) >= 11 is 1.45. The number of aliphatic hydroxyl groups is 4. The average Bonchev–Trinajstić information content (AvgIpc) is 3.46. The molecular weight excluding hydrogens is 544 g/mol. The van der Waals surface area contributed by atoms with E-state index in [1.54, 1.807) is 0 Å². The van der Waals surface area contributed by atoms with Crippen LogP contribution in [-0.2, 0) is 9.53 Å². The van der Waals surface area contributed by atoms with Gasteiger partial charge < -0.3 is 40.3 Å². The topological polar surface area (TPSA) is 150 Å². The Bertz CT molecular complexity index is 1460. The second-order valence-electron chi connectivity index (χ2n) is 10.5. The van der Waals surface area contributed by atoms with Crippen LogP contribution >= 0.6 is 11.3 Å². The quantitative estimate of drug-likeness (QED) is 0.207. The molecule has 1 aromatic heterocycles. The first-order chi connectivity index (χ1) is 19.8. The maximum atomic E-state index is 12.7. The number of benzene rings is 2. The molecule has 0 aliphatic carbocycles. The van der Waals surface area contributed by atoms with Crippen LogP contribution in [0.5, 0.6) is 0 Å². The van der Waals surface area contributed by atoms with Crippen molar-refractivity contribution >= 4 is 39.8 Å². The number of nitrogens with one attached hydrogen (secondary N) is 1. The number of amides is 1. The SMILES string of the molecule is CN1CCN(c2ccc3cc(-c4ccc(/C=C(\C#N)C(=O)NCC5C(O)O[C@H](CO)[C@@H](O)[C@@H]5O)s4)ccc3c2)CC1. The highest BCUT2D eigenvalue weighted by Crippen LogP contribution is 2.33. The highest BCUT2D eigenvalue weighted by molar-refractivity contribution is 7.16. The first-order valence-electron chi connectivity index (χ1n) is 13.6. The molecule has 1 amide bonds. The lowest BCUT2D eigenvalue weighted by Gasteiger charge is -2.40. The standard InChI is InChI=1S/C30H34N4O6S/c1-33-8-10-34(11-9-33)22-5-4-18-12-20(3-2-19(18)13-22)26-7-6-23(41-26)14-21(15-31)29(38)32-16-24-27(36)28(37)25(17-35)40-30(24)39/h2-7,12-14,24-25,27-28,30,35-37,39H,8-11,16-17H2,1H3,(H,32,38)/b21-14+/t24?,25-,27-,28-,30?/m1/s1. The number of piperazine rings is 1. The van der Waals surface area contributed by atoms with E-state index in [1.807, 2.05) is 18.2 Å². The van der Waals surface area contributed by atoms with E-state index >= 15 is 0 Å². The normalized spacial score (nSPS) is 25.7. The molecule has 216 valence electrons. The van der Waals surface area contributed by atoms with Crippen LogP contribution in [0.2, 0.25) is 0 Å². The fraction of sp³-hybridized carbons (Fsp3) is 0.400. The first-order valence-corrected chi connectivity index (χ1v) is 14.4. The molecular formula is C30H34N4O6S. The number of aliphatic hydroxyl groups excluding tert-OH is 4. The third kappa shape index (κ3) is 6.45. The van der Waals surface area contributed by atoms with Gasteiger partial charge in [-0.25, -0.2) is 0 Å². The Kier molecular flexibility index (Phi) is 9.01. The molecule has 5 rings (SSSR count). The van der Waals surface area contributed by atoms with Crippen LogP contribution in [0.3, 0.4) is 0 Å². The minimum atomic E-state index is -1.50. The summed E-state index contributed by atoms with van der Waals surface area (Å²) in [5, 5.41) is 54.1. The van der Waals surface area contributed by atoms with E-state index in [1.165, 1.54) is 28.5 Å². The summed E-state index contributed by atoms with van der Waals surface area (Å²) in [6.45, 7) is 3.33. The molecule has 5 atom stereocenters. The van der Waals surface area contributed by atoms with Crippen LogP contribution in [0.4, 0.5) is 5.69 Å². The number of carbonyl (C=O) groups is 1. The van der Waals surface area contributed by atoms with Gasteiger partial charge in [0.15, 0.2) is 6.29 Å². The Labute approximate surface area is 242 Å². The Morgan fingerprint density at radius 1 is 1.07 bits per heavy atom. The molecule has 2 aliphatic rings. The Morgan fingerprint density at radius 3 is 2.54 bits per heavy atom. The number of thiophene rings is 1. The summed E-state index contributed by atoms with van der Waals surface area (Å²) in [5.41, 5.74) is 2.13. The molecule has 2 unspecified atom stereocenters. The highest BCUT2D eigenvalue weighted by Gasteiger charge is 2.43. The Morgan fingerprint density at radius 2 is 1.80 bits per heavy atom. The molecule has 3 aromatic rings. The van der Waals surface area contributed by atoms with Crippen molar-refractivity contribution in [2.24, 2.45) is 5.92 Å². The van der Waals surface area contributed by atoms with E-state index < -0.39 is 43.0 Å². The lowest BCUT2D eigenvalue weighted by molar-refractivity contribution is -0.268. The third-order valence-electron chi connectivity index (χ3n) is 7.78. The van der Waals surface area contributed by atoms with Crippen molar-refractivity contribution in [1.29, 1.82) is 5.26 Å². The van der Waals surface area contributed by atoms with Gasteiger partial charge in [0.25, 0.3) is 5.91 Å². The minimum Gasteiger partial charge on any atom is -0.394 e. The number of likely N-dealkylation sites (N-methyl/N-ethyl adjacent to an activating group) is 1. The lowest BCUT2D eigenvalue weighted by atomic mass is 9.91. The van der Waals surface area contributed by atoms with Gasteiger partial charge in [0.05, 0.1) is 18.6 Å². The van der Waals surface area contributed by atoms with Gasteiger partial charge in [-0.1, -0.05) is 18.2 Å². The molecule has 2 aliphatic heterocycles. The maximum absolute atomic E-state index is 12.7. The van der Waals surface area contributed by atoms with Gasteiger partial charge in [0, 0.05) is 48.2 Å². The number of hydrogen-bond acceptors (Lipinski definition) is 10. The van der Waals surface area contributed by atoms with Crippen LogP contribution in [0.15, 0.2) is 54.1 Å². The monoisotopic (exact) mass is 578 g/mol. The summed E-state index contributed by atoms with van der Waals surface area (Å²) in [4.78, 5) is 19.2. The number of hydrogen-bond donors (Lipinski definition) is 5. The van der Waals surface area contributed by atoms with E-state index in [0.717, 1.165) is 46.9 Å². The molecule has 5 N–H and O–H groups in total. The molecule has 2 aromatic carbocycles. The molecule has 0 saturated carbocycles. The smallest absolute Gasteiger partial charge is 0.261 e. The van der Waals surface area contributed by atoms with E-state index in [2.05, 4.69) is 58.6 Å². The van der Waals surface area contributed by atoms with Crippen molar-refractivity contribution in [3.63, 3.8) is 0 Å². The van der Waals surface area contributed by atoms with Crippen LogP contribution < -0.4 is 10.2 Å². The van der Waals surface area contributed by atoms with Gasteiger partial charge in [0.2, 0.25) is 0 Å². The summed E-state index contributed by atoms with van der Waals surface area (Å²) in [5.74, 6) is -1.71. The molecule has 2 saturated heterocycles. The summed E-state index contributed by atoms with van der Waals surface area (Å²) < 4.78 is 5.12. The highest BCUT2D eigenvalue weighted by atomic mass is 32.1. The van der Waals surface area contributed by atoms with Crippen LogP contribution in [0, 0.1) is 17.2 Å². The maximum Gasteiger partial charge on any atom is 0.261 e. The largest absolute Gasteiger partial charge is 0.394 e. The zero-order valence-corrected chi connectivity index (χ0v) is 23.5. The van der Waals surface area contributed by atoms with Gasteiger partial charge in [0.1, 0.15) is 23.9 Å². The molecule has 0 bridgehead atoms. The molecule has 10 nitrogen and oxygen atoms in total. The van der Waals surface area contributed by atoms with Crippen LogP contribution in [0.1, 0.15) is 4.88 Å². The van der Waals surface area contributed by atoms with Gasteiger partial charge in [-0.3, -0.25) is 4.79 Å². The second kappa shape index (κ2) is 12.7. The number of fused-ring (bicyclic) bond motifs is 1. The van der Waals surface area contributed by atoms with Gasteiger partial charge >= 0.3 is 0 Å². The Hall–Kier alpha value is -3.34. The fourth-order valence-electron chi connectivity index (χ4n) is 5.20. The molecule has 0 radical (unpaired) electrons. The number of rotatable bonds is 7. The van der Waals surface area contributed by atoms with E-state index in [9.17, 15) is 30.5 Å². The molecule has 11 heteroatoms. The predicted octanol–water partition coefficient (Wildman–Crippen LogP) is 1.39. The number of carbonyl (C=O) groups excluding carboxylic acids is 1. The van der Waals surface area contributed by atoms with Gasteiger partial charge in [-0.15, -0.1) is 11.3 Å². The second-order valence-corrected chi connectivity index (χ2v) is 11.6. The van der Waals surface area contributed by atoms with Gasteiger partial charge in [-0.05, 0) is 59.8 Å². The molecule has 0 spiro atoms. The summed E-state index contributed by atoms with van der Waals surface area (Å²) in [6, 6.07) is 18.6. The first kappa shape index (κ1) is 29.2. The van der Waals surface area contributed by atoms with Crippen LogP contribution in [-0.4, -0.2) is 102 Å². The van der Waals surface area contributed by atoms with Crippen molar-refractivity contribution in [1.82, 2.24) is 10.2 Å². The van der Waals surface area contributed by atoms with Crippen molar-refractivity contribution < 1.29 is 30.0 Å². The number of nitrogens with zero attached hydrogens (tertiary/aromatic N) is 3. The third-order valence-corrected chi connectivity index (χ3v) is 8.86. The van der Waals surface area contributed by atoms with E-state index in [-0.39, 0.29) is 12.1 Å². The van der Waals surface area contributed by atoms with Crippen molar-refractivity contribution in [2.45, 2.75) is 24.6 Å². The molecule has 2 fully saturated rings. The number of ether oxygens (including phenoxy) is 1. The zero-order valence-electron chi connectivity index (χ0n) is 22.7. The minimum absolute atomic E-state index is 0.136. The Balaban J connectivity index is 1.25.